The first-order valence-electron chi connectivity index (χ1n) is 5.16. The van der Waals surface area contributed by atoms with Crippen LogP contribution in [0.15, 0.2) is 43.0 Å². The molecule has 0 aliphatic carbocycles. The van der Waals surface area contributed by atoms with Crippen molar-refractivity contribution in [1.82, 2.24) is 0 Å². The maximum Gasteiger partial charge on any atom is 1.00 e. The molecule has 0 atom stereocenters. The molecule has 0 radical (unpaired) electrons. The zero-order valence-electron chi connectivity index (χ0n) is 10.4. The van der Waals surface area contributed by atoms with Gasteiger partial charge in [0.15, 0.2) is 0 Å². The SMILES string of the molecule is C=[C-]/C(=C\CCOC(C)=O)c1ccccc1.[Na+]. The van der Waals surface area contributed by atoms with Crippen LogP contribution in [-0.4, -0.2) is 12.6 Å². The summed E-state index contributed by atoms with van der Waals surface area (Å²) in [6.07, 6.45) is 5.51. The number of esters is 1. The molecule has 84 valence electrons. The van der Waals surface area contributed by atoms with Gasteiger partial charge in [-0.25, -0.2) is 0 Å². The van der Waals surface area contributed by atoms with Crippen LogP contribution >= 0.6 is 0 Å². The first-order valence-corrected chi connectivity index (χ1v) is 5.16. The summed E-state index contributed by atoms with van der Waals surface area (Å²) in [5, 5.41) is 0. The molecular weight excluding hydrogens is 223 g/mol. The predicted molar refractivity (Wildman–Crippen MR) is 64.5 cm³/mol. The number of rotatable bonds is 5. The predicted octanol–water partition coefficient (Wildman–Crippen LogP) is 0.0164. The van der Waals surface area contributed by atoms with Crippen LogP contribution in [0.3, 0.4) is 0 Å². The monoisotopic (exact) mass is 238 g/mol. The number of carbonyl (C=O) groups is 1. The molecule has 0 saturated heterocycles. The molecule has 0 fully saturated rings. The smallest absolute Gasteiger partial charge is 0.467 e. The van der Waals surface area contributed by atoms with Crippen LogP contribution in [0.2, 0.25) is 0 Å². The Hall–Kier alpha value is -0.830. The summed E-state index contributed by atoms with van der Waals surface area (Å²) in [6.45, 7) is 5.45. The fourth-order valence-electron chi connectivity index (χ4n) is 1.32. The molecule has 0 amide bonds. The fraction of sp³-hybridized carbons (Fsp3) is 0.214. The van der Waals surface area contributed by atoms with Crippen molar-refractivity contribution in [3.63, 3.8) is 0 Å². The average Bonchev–Trinajstić information content (AvgIpc) is 2.30. The normalized spacial score (nSPS) is 10.3. The van der Waals surface area contributed by atoms with Gasteiger partial charge in [-0.3, -0.25) is 4.79 Å². The summed E-state index contributed by atoms with van der Waals surface area (Å²) in [5.74, 6) is -0.253. The molecular formula is C14H15NaO2. The van der Waals surface area contributed by atoms with Gasteiger partial charge < -0.3 is 4.74 Å². The van der Waals surface area contributed by atoms with Crippen LogP contribution in [0, 0.1) is 6.08 Å². The summed E-state index contributed by atoms with van der Waals surface area (Å²) in [7, 11) is 0. The standard InChI is InChI=1S/C14H15O2.Na/c1-3-13(10-7-11-16-12(2)15)14-8-5-4-6-9-14;/h4-6,8-10H,1,7,11H2,2H3;/q-1;+1/b13-10+;. The minimum absolute atomic E-state index is 0. The van der Waals surface area contributed by atoms with E-state index in [2.05, 4.69) is 12.7 Å². The second-order valence-corrected chi connectivity index (χ2v) is 3.29. The van der Waals surface area contributed by atoms with Crippen LogP contribution in [0.5, 0.6) is 0 Å². The van der Waals surface area contributed by atoms with Gasteiger partial charge in [0.2, 0.25) is 0 Å². The van der Waals surface area contributed by atoms with Gasteiger partial charge in [0.1, 0.15) is 0 Å². The first kappa shape index (κ1) is 16.2. The van der Waals surface area contributed by atoms with E-state index in [-0.39, 0.29) is 35.5 Å². The van der Waals surface area contributed by atoms with E-state index in [0.717, 1.165) is 11.1 Å². The number of carbonyl (C=O) groups excluding carboxylic acids is 1. The van der Waals surface area contributed by atoms with Crippen molar-refractivity contribution in [2.24, 2.45) is 0 Å². The van der Waals surface area contributed by atoms with Crippen LogP contribution in [0.1, 0.15) is 18.9 Å². The van der Waals surface area contributed by atoms with Gasteiger partial charge in [-0.05, 0) is 6.42 Å². The van der Waals surface area contributed by atoms with Gasteiger partial charge in [-0.1, -0.05) is 18.2 Å². The Bertz CT molecular complexity index is 382. The molecule has 1 aromatic rings. The molecule has 3 heteroatoms. The summed E-state index contributed by atoms with van der Waals surface area (Å²) >= 11 is 0. The number of allylic oxidation sites excluding steroid dienone is 2. The first-order chi connectivity index (χ1) is 7.74. The molecule has 1 aromatic carbocycles. The molecule has 0 heterocycles. The van der Waals surface area contributed by atoms with E-state index in [1.165, 1.54) is 6.92 Å². The van der Waals surface area contributed by atoms with Gasteiger partial charge in [-0.15, -0.1) is 17.7 Å². The van der Waals surface area contributed by atoms with Crippen molar-refractivity contribution in [3.8, 4) is 0 Å². The molecule has 2 nitrogen and oxygen atoms in total. The summed E-state index contributed by atoms with van der Waals surface area (Å²) in [5.41, 5.74) is 2.01. The molecule has 17 heavy (non-hydrogen) atoms. The molecule has 0 bridgehead atoms. The third-order valence-electron chi connectivity index (χ3n) is 2.05. The van der Waals surface area contributed by atoms with Crippen LogP contribution < -0.4 is 29.6 Å². The third-order valence-corrected chi connectivity index (χ3v) is 2.05. The fourth-order valence-corrected chi connectivity index (χ4v) is 1.32. The van der Waals surface area contributed by atoms with Gasteiger partial charge >= 0.3 is 35.5 Å². The number of ether oxygens (including phenoxy) is 1. The topological polar surface area (TPSA) is 26.3 Å². The molecule has 0 spiro atoms. The molecule has 0 aromatic heterocycles. The van der Waals surface area contributed by atoms with E-state index in [1.54, 1.807) is 0 Å². The molecule has 0 saturated carbocycles. The van der Waals surface area contributed by atoms with E-state index in [0.29, 0.717) is 13.0 Å². The maximum absolute atomic E-state index is 10.6. The van der Waals surface area contributed by atoms with Gasteiger partial charge in [0.05, 0.1) is 6.61 Å². The minimum Gasteiger partial charge on any atom is -0.467 e. The Morgan fingerprint density at radius 2 is 2.06 bits per heavy atom. The van der Waals surface area contributed by atoms with Crippen molar-refractivity contribution in [2.75, 3.05) is 6.61 Å². The maximum atomic E-state index is 10.6. The number of benzene rings is 1. The van der Waals surface area contributed by atoms with Gasteiger partial charge in [-0.2, -0.15) is 24.3 Å². The number of hydrogen-bond donors (Lipinski definition) is 0. The Morgan fingerprint density at radius 3 is 2.59 bits per heavy atom. The van der Waals surface area contributed by atoms with E-state index in [4.69, 9.17) is 4.74 Å². The largest absolute Gasteiger partial charge is 1.00 e. The molecule has 0 aliphatic rings. The summed E-state index contributed by atoms with van der Waals surface area (Å²) in [6, 6.07) is 9.88. The molecule has 0 N–H and O–H groups in total. The van der Waals surface area contributed by atoms with Crippen molar-refractivity contribution in [1.29, 1.82) is 0 Å². The Morgan fingerprint density at radius 1 is 1.41 bits per heavy atom. The second-order valence-electron chi connectivity index (χ2n) is 3.29. The second kappa shape index (κ2) is 9.23. The Labute approximate surface area is 125 Å². The average molecular weight is 238 g/mol. The number of hydrogen-bond acceptors (Lipinski definition) is 2. The molecule has 0 aliphatic heterocycles. The van der Waals surface area contributed by atoms with Crippen LogP contribution in [-0.2, 0) is 9.53 Å². The molecule has 1 rings (SSSR count). The van der Waals surface area contributed by atoms with Crippen LogP contribution in [0.4, 0.5) is 0 Å². The Kier molecular flexibility index (Phi) is 8.78. The van der Waals surface area contributed by atoms with Gasteiger partial charge in [0, 0.05) is 6.92 Å². The summed E-state index contributed by atoms with van der Waals surface area (Å²) in [4.78, 5) is 10.6. The minimum atomic E-state index is -0.253. The van der Waals surface area contributed by atoms with E-state index >= 15 is 0 Å². The summed E-state index contributed by atoms with van der Waals surface area (Å²) < 4.78 is 4.84. The quantitative estimate of drug-likeness (QED) is 0.238. The van der Waals surface area contributed by atoms with Crippen molar-refractivity contribution in [3.05, 3.63) is 54.6 Å². The van der Waals surface area contributed by atoms with Crippen molar-refractivity contribution < 1.29 is 39.1 Å². The zero-order chi connectivity index (χ0) is 11.8. The zero-order valence-corrected chi connectivity index (χ0v) is 12.4. The van der Waals surface area contributed by atoms with Crippen molar-refractivity contribution >= 4 is 11.5 Å². The third kappa shape index (κ3) is 6.47. The van der Waals surface area contributed by atoms with E-state index in [9.17, 15) is 4.79 Å². The van der Waals surface area contributed by atoms with Crippen molar-refractivity contribution in [2.45, 2.75) is 13.3 Å². The van der Waals surface area contributed by atoms with E-state index < -0.39 is 0 Å². The molecule has 0 unspecified atom stereocenters. The Balaban J connectivity index is 0.00000256. The van der Waals surface area contributed by atoms with Crippen LogP contribution in [0.25, 0.3) is 5.57 Å². The van der Waals surface area contributed by atoms with E-state index in [1.807, 2.05) is 36.4 Å². The van der Waals surface area contributed by atoms with Gasteiger partial charge in [0.25, 0.3) is 0 Å².